The smallest absolute Gasteiger partial charge is 0.163 e. The van der Waals surface area contributed by atoms with Crippen molar-refractivity contribution in [3.8, 4) is 18.2 Å². The van der Waals surface area contributed by atoms with Crippen LogP contribution in [0.1, 0.15) is 5.56 Å². The van der Waals surface area contributed by atoms with Crippen molar-refractivity contribution in [1.82, 2.24) is 4.90 Å². The first-order valence-electron chi connectivity index (χ1n) is 6.88. The van der Waals surface area contributed by atoms with E-state index >= 15 is 0 Å². The van der Waals surface area contributed by atoms with Crippen LogP contribution in [0, 0.1) is 34.0 Å². The van der Waals surface area contributed by atoms with Gasteiger partial charge in [0.1, 0.15) is 23.9 Å². The van der Waals surface area contributed by atoms with Gasteiger partial charge in [0, 0.05) is 25.3 Å². The second-order valence-electron chi connectivity index (χ2n) is 4.76. The lowest BCUT2D eigenvalue weighted by Crippen LogP contribution is -2.35. The van der Waals surface area contributed by atoms with Gasteiger partial charge in [-0.15, -0.1) is 0 Å². The SMILES string of the molecule is N#CC(C#N)=C(C#N)Nc1ccccc1CN1CCOCC1. The third kappa shape index (κ3) is 3.84. The van der Waals surface area contributed by atoms with Crippen molar-refractivity contribution in [3.63, 3.8) is 0 Å². The van der Waals surface area contributed by atoms with E-state index < -0.39 is 0 Å². The van der Waals surface area contributed by atoms with Crippen LogP contribution in [-0.2, 0) is 11.3 Å². The summed E-state index contributed by atoms with van der Waals surface area (Å²) < 4.78 is 5.33. The van der Waals surface area contributed by atoms with Gasteiger partial charge < -0.3 is 10.1 Å². The Morgan fingerprint density at radius 1 is 1.09 bits per heavy atom. The predicted octanol–water partition coefficient (Wildman–Crippen LogP) is 1.76. The number of rotatable bonds is 4. The number of hydrogen-bond acceptors (Lipinski definition) is 6. The van der Waals surface area contributed by atoms with E-state index in [9.17, 15) is 0 Å². The van der Waals surface area contributed by atoms with E-state index in [-0.39, 0.29) is 11.3 Å². The first-order chi connectivity index (χ1) is 10.8. The molecule has 1 saturated heterocycles. The topological polar surface area (TPSA) is 95.9 Å². The van der Waals surface area contributed by atoms with Gasteiger partial charge in [0.05, 0.1) is 13.2 Å². The van der Waals surface area contributed by atoms with Crippen LogP contribution in [0.3, 0.4) is 0 Å². The molecule has 1 fully saturated rings. The summed E-state index contributed by atoms with van der Waals surface area (Å²) in [4.78, 5) is 2.26. The van der Waals surface area contributed by atoms with Crippen molar-refractivity contribution in [1.29, 1.82) is 15.8 Å². The van der Waals surface area contributed by atoms with Crippen LogP contribution in [-0.4, -0.2) is 31.2 Å². The van der Waals surface area contributed by atoms with Gasteiger partial charge >= 0.3 is 0 Å². The van der Waals surface area contributed by atoms with Crippen LogP contribution in [0.25, 0.3) is 0 Å². The van der Waals surface area contributed by atoms with E-state index in [1.54, 1.807) is 12.1 Å². The quantitative estimate of drug-likeness (QED) is 0.850. The molecule has 6 nitrogen and oxygen atoms in total. The zero-order valence-electron chi connectivity index (χ0n) is 12.0. The molecule has 1 heterocycles. The molecule has 0 radical (unpaired) electrons. The average molecular weight is 293 g/mol. The summed E-state index contributed by atoms with van der Waals surface area (Å²) in [7, 11) is 0. The number of para-hydroxylation sites is 1. The number of hydrogen-bond donors (Lipinski definition) is 1. The zero-order chi connectivity index (χ0) is 15.8. The first-order valence-corrected chi connectivity index (χ1v) is 6.88. The molecule has 0 amide bonds. The van der Waals surface area contributed by atoms with Crippen LogP contribution in [0.5, 0.6) is 0 Å². The van der Waals surface area contributed by atoms with Gasteiger partial charge in [0.25, 0.3) is 0 Å². The Hall–Kier alpha value is -2.85. The second kappa shape index (κ2) is 7.81. The van der Waals surface area contributed by atoms with Crippen molar-refractivity contribution in [2.75, 3.05) is 31.6 Å². The van der Waals surface area contributed by atoms with E-state index in [0.29, 0.717) is 13.2 Å². The van der Waals surface area contributed by atoms with Crippen LogP contribution >= 0.6 is 0 Å². The number of nitrogens with one attached hydrogen (secondary N) is 1. The molecule has 1 aromatic carbocycles. The average Bonchev–Trinajstić information content (AvgIpc) is 2.57. The fourth-order valence-corrected chi connectivity index (χ4v) is 2.20. The number of nitriles is 3. The number of morpholine rings is 1. The molecule has 0 atom stereocenters. The molecule has 110 valence electrons. The highest BCUT2D eigenvalue weighted by Crippen LogP contribution is 2.20. The maximum Gasteiger partial charge on any atom is 0.163 e. The molecule has 1 N–H and O–H groups in total. The summed E-state index contributed by atoms with van der Waals surface area (Å²) in [6.45, 7) is 3.87. The zero-order valence-corrected chi connectivity index (χ0v) is 12.0. The number of nitrogens with zero attached hydrogens (tertiary/aromatic N) is 4. The van der Waals surface area contributed by atoms with E-state index in [0.717, 1.165) is 30.9 Å². The Morgan fingerprint density at radius 3 is 2.41 bits per heavy atom. The fraction of sp³-hybridized carbons (Fsp3) is 0.312. The minimum absolute atomic E-state index is 0.0283. The molecular formula is C16H15N5O. The summed E-state index contributed by atoms with van der Waals surface area (Å²) in [5.74, 6) is 0. The fourth-order valence-electron chi connectivity index (χ4n) is 2.20. The van der Waals surface area contributed by atoms with E-state index in [4.69, 9.17) is 20.5 Å². The van der Waals surface area contributed by atoms with Gasteiger partial charge in [-0.3, -0.25) is 4.90 Å². The molecule has 22 heavy (non-hydrogen) atoms. The van der Waals surface area contributed by atoms with Gasteiger partial charge in [0.15, 0.2) is 5.57 Å². The van der Waals surface area contributed by atoms with Crippen molar-refractivity contribution in [2.24, 2.45) is 0 Å². The van der Waals surface area contributed by atoms with Gasteiger partial charge in [-0.1, -0.05) is 18.2 Å². The highest BCUT2D eigenvalue weighted by Gasteiger charge is 2.14. The summed E-state index contributed by atoms with van der Waals surface area (Å²) in [6, 6.07) is 12.9. The normalized spacial score (nSPS) is 14.2. The van der Waals surface area contributed by atoms with Crippen molar-refractivity contribution >= 4 is 5.69 Å². The highest BCUT2D eigenvalue weighted by molar-refractivity contribution is 5.61. The lowest BCUT2D eigenvalue weighted by molar-refractivity contribution is 0.0343. The summed E-state index contributed by atoms with van der Waals surface area (Å²) in [5, 5.41) is 29.8. The Balaban J connectivity index is 2.22. The Kier molecular flexibility index (Phi) is 5.51. The molecule has 1 aliphatic rings. The standard InChI is InChI=1S/C16H15N5O/c17-9-14(10-18)16(11-19)20-15-4-2-1-3-13(15)12-21-5-7-22-8-6-21/h1-4,20H,5-8,12H2. The minimum atomic E-state index is -0.219. The molecule has 2 rings (SSSR count). The maximum atomic E-state index is 9.13. The minimum Gasteiger partial charge on any atom is -0.379 e. The molecule has 0 saturated carbocycles. The molecule has 0 aliphatic carbocycles. The van der Waals surface area contributed by atoms with Crippen molar-refractivity contribution < 1.29 is 4.74 Å². The Bertz CT molecular complexity index is 668. The molecule has 0 spiro atoms. The highest BCUT2D eigenvalue weighted by atomic mass is 16.5. The Labute approximate surface area is 129 Å². The molecule has 1 aromatic rings. The van der Waals surface area contributed by atoms with Crippen LogP contribution in [0.2, 0.25) is 0 Å². The molecule has 0 unspecified atom stereocenters. The second-order valence-corrected chi connectivity index (χ2v) is 4.76. The summed E-state index contributed by atoms with van der Waals surface area (Å²) >= 11 is 0. The summed E-state index contributed by atoms with van der Waals surface area (Å²) in [6.07, 6.45) is 0. The first kappa shape index (κ1) is 15.5. The van der Waals surface area contributed by atoms with Gasteiger partial charge in [0.2, 0.25) is 0 Å². The number of ether oxygens (including phenoxy) is 1. The van der Waals surface area contributed by atoms with Gasteiger partial charge in [-0.05, 0) is 11.6 Å². The molecule has 1 aliphatic heterocycles. The maximum absolute atomic E-state index is 9.13. The lowest BCUT2D eigenvalue weighted by Gasteiger charge is -2.27. The van der Waals surface area contributed by atoms with Gasteiger partial charge in [-0.2, -0.15) is 15.8 Å². The third-order valence-corrected chi connectivity index (χ3v) is 3.36. The Morgan fingerprint density at radius 2 is 1.77 bits per heavy atom. The largest absolute Gasteiger partial charge is 0.379 e. The van der Waals surface area contributed by atoms with E-state index in [2.05, 4.69) is 10.2 Å². The van der Waals surface area contributed by atoms with E-state index in [1.165, 1.54) is 0 Å². The van der Waals surface area contributed by atoms with Crippen molar-refractivity contribution in [3.05, 3.63) is 41.1 Å². The number of anilines is 1. The molecular weight excluding hydrogens is 278 g/mol. The molecule has 0 bridgehead atoms. The van der Waals surface area contributed by atoms with Crippen LogP contribution in [0.15, 0.2) is 35.5 Å². The third-order valence-electron chi connectivity index (χ3n) is 3.36. The van der Waals surface area contributed by atoms with Crippen LogP contribution < -0.4 is 5.32 Å². The number of allylic oxidation sites excluding steroid dienone is 2. The van der Waals surface area contributed by atoms with E-state index in [1.807, 2.05) is 30.3 Å². The molecule has 6 heteroatoms. The lowest BCUT2D eigenvalue weighted by atomic mass is 10.1. The van der Waals surface area contributed by atoms with Crippen LogP contribution in [0.4, 0.5) is 5.69 Å². The summed E-state index contributed by atoms with van der Waals surface area (Å²) in [5.41, 5.74) is 1.49. The van der Waals surface area contributed by atoms with Gasteiger partial charge in [-0.25, -0.2) is 0 Å². The molecule has 0 aromatic heterocycles. The number of benzene rings is 1. The van der Waals surface area contributed by atoms with Crippen molar-refractivity contribution in [2.45, 2.75) is 6.54 Å². The predicted molar refractivity (Wildman–Crippen MR) is 80.0 cm³/mol. The monoisotopic (exact) mass is 293 g/mol.